The quantitative estimate of drug-likeness (QED) is 0.603. The number of halogens is 1. The Morgan fingerprint density at radius 2 is 1.90 bits per heavy atom. The fraction of sp³-hybridized carbons (Fsp3) is 0.450. The highest BCUT2D eigenvalue weighted by atomic mass is 79.9. The van der Waals surface area contributed by atoms with Crippen LogP contribution in [0, 0.1) is 0 Å². The lowest BCUT2D eigenvalue weighted by Crippen LogP contribution is -2.52. The lowest BCUT2D eigenvalue weighted by molar-refractivity contribution is -0.149. The molecule has 8 nitrogen and oxygen atoms in total. The van der Waals surface area contributed by atoms with Crippen molar-refractivity contribution in [1.29, 1.82) is 0 Å². The number of nitrogens with zero attached hydrogens (tertiary/aromatic N) is 1. The molecule has 0 spiro atoms. The van der Waals surface area contributed by atoms with E-state index in [0.717, 1.165) is 21.4 Å². The number of aromatic amines is 1. The van der Waals surface area contributed by atoms with E-state index in [1.807, 2.05) is 24.3 Å². The maximum atomic E-state index is 12.7. The number of ether oxygens (including phenoxy) is 1. The van der Waals surface area contributed by atoms with Crippen molar-refractivity contribution >= 4 is 44.8 Å². The highest BCUT2D eigenvalue weighted by Crippen LogP contribution is 2.28. The van der Waals surface area contributed by atoms with Gasteiger partial charge in [0.05, 0.1) is 4.60 Å². The third kappa shape index (κ3) is 5.72. The van der Waals surface area contributed by atoms with Crippen molar-refractivity contribution in [2.24, 2.45) is 0 Å². The van der Waals surface area contributed by atoms with Crippen LogP contribution < -0.4 is 5.32 Å². The predicted molar refractivity (Wildman–Crippen MR) is 113 cm³/mol. The van der Waals surface area contributed by atoms with Crippen LogP contribution in [0.3, 0.4) is 0 Å². The first-order chi connectivity index (χ1) is 13.4. The number of para-hydroxylation sites is 1. The molecule has 2 aromatic rings. The minimum absolute atomic E-state index is 0.0985. The molecule has 1 heterocycles. The highest BCUT2D eigenvalue weighted by Gasteiger charge is 2.32. The van der Waals surface area contributed by atoms with E-state index in [-0.39, 0.29) is 6.42 Å². The average Bonchev–Trinajstić information content (AvgIpc) is 2.91. The fourth-order valence-corrected chi connectivity index (χ4v) is 3.54. The van der Waals surface area contributed by atoms with Gasteiger partial charge in [0.1, 0.15) is 17.7 Å². The Hall–Kier alpha value is -2.55. The molecule has 0 radical (unpaired) electrons. The number of carboxylic acid groups (broad SMARTS) is 1. The summed E-state index contributed by atoms with van der Waals surface area (Å²) in [6, 6.07) is 5.47. The van der Waals surface area contributed by atoms with Crippen molar-refractivity contribution in [3.05, 3.63) is 34.4 Å². The molecule has 2 unspecified atom stereocenters. The zero-order valence-electron chi connectivity index (χ0n) is 17.1. The summed E-state index contributed by atoms with van der Waals surface area (Å²) in [5.74, 6) is -1.67. The molecule has 1 aromatic heterocycles. The Bertz CT molecular complexity index is 918. The third-order valence-electron chi connectivity index (χ3n) is 4.36. The van der Waals surface area contributed by atoms with Gasteiger partial charge in [-0.2, -0.15) is 0 Å². The van der Waals surface area contributed by atoms with Crippen LogP contribution >= 0.6 is 15.9 Å². The summed E-state index contributed by atoms with van der Waals surface area (Å²) in [5.41, 5.74) is 0.928. The van der Waals surface area contributed by atoms with Crippen LogP contribution in [-0.4, -0.2) is 57.7 Å². The molecule has 1 aromatic carbocycles. The second kappa shape index (κ2) is 8.86. The van der Waals surface area contributed by atoms with Crippen LogP contribution in [0.25, 0.3) is 10.9 Å². The largest absolute Gasteiger partial charge is 0.480 e. The van der Waals surface area contributed by atoms with Crippen LogP contribution in [0.4, 0.5) is 4.79 Å². The number of carbonyl (C=O) groups excluding carboxylic acids is 2. The molecule has 0 aliphatic carbocycles. The zero-order chi connectivity index (χ0) is 21.9. The Kier molecular flexibility index (Phi) is 6.94. The number of aliphatic carboxylic acids is 1. The third-order valence-corrected chi connectivity index (χ3v) is 5.04. The second-order valence-electron chi connectivity index (χ2n) is 7.84. The highest BCUT2D eigenvalue weighted by molar-refractivity contribution is 9.10. The average molecular weight is 468 g/mol. The van der Waals surface area contributed by atoms with E-state index in [0.29, 0.717) is 4.60 Å². The number of hydrogen-bond donors (Lipinski definition) is 3. The summed E-state index contributed by atoms with van der Waals surface area (Å²) in [6.45, 7) is 6.63. The van der Waals surface area contributed by atoms with Crippen molar-refractivity contribution in [1.82, 2.24) is 15.2 Å². The number of rotatable bonds is 6. The smallest absolute Gasteiger partial charge is 0.408 e. The molecule has 158 valence electrons. The number of carbonyl (C=O) groups is 3. The van der Waals surface area contributed by atoms with Crippen molar-refractivity contribution in [2.75, 3.05) is 7.05 Å². The summed E-state index contributed by atoms with van der Waals surface area (Å²) < 4.78 is 5.82. The summed E-state index contributed by atoms with van der Waals surface area (Å²) in [7, 11) is 1.41. The number of aromatic nitrogens is 1. The van der Waals surface area contributed by atoms with E-state index in [4.69, 9.17) is 4.74 Å². The monoisotopic (exact) mass is 467 g/mol. The second-order valence-corrected chi connectivity index (χ2v) is 8.63. The van der Waals surface area contributed by atoms with Gasteiger partial charge in [0.25, 0.3) is 0 Å². The molecule has 0 saturated carbocycles. The summed E-state index contributed by atoms with van der Waals surface area (Å²) in [5, 5.41) is 13.1. The molecule has 2 amide bonds. The molecule has 3 N–H and O–H groups in total. The van der Waals surface area contributed by atoms with Crippen LogP contribution in [0.1, 0.15) is 33.3 Å². The van der Waals surface area contributed by atoms with Crippen LogP contribution in [0.2, 0.25) is 0 Å². The maximum Gasteiger partial charge on any atom is 0.408 e. The minimum atomic E-state index is -1.14. The van der Waals surface area contributed by atoms with Gasteiger partial charge in [0, 0.05) is 24.4 Å². The van der Waals surface area contributed by atoms with Crippen molar-refractivity contribution in [3.63, 3.8) is 0 Å². The first-order valence-electron chi connectivity index (χ1n) is 9.14. The van der Waals surface area contributed by atoms with Crippen molar-refractivity contribution in [3.8, 4) is 0 Å². The Balaban J connectivity index is 2.17. The van der Waals surface area contributed by atoms with Crippen LogP contribution in [0.15, 0.2) is 28.9 Å². The molecule has 2 atom stereocenters. The molecular formula is C20H26BrN3O5. The summed E-state index contributed by atoms with van der Waals surface area (Å²) in [4.78, 5) is 40.9. The predicted octanol–water partition coefficient (Wildman–Crippen LogP) is 3.30. The fourth-order valence-electron chi connectivity index (χ4n) is 2.96. The number of carboxylic acids is 1. The topological polar surface area (TPSA) is 112 Å². The first kappa shape index (κ1) is 22.7. The van der Waals surface area contributed by atoms with Crippen LogP contribution in [-0.2, 0) is 20.7 Å². The summed E-state index contributed by atoms with van der Waals surface area (Å²) in [6.07, 6.45) is -0.639. The van der Waals surface area contributed by atoms with Gasteiger partial charge in [0.2, 0.25) is 5.91 Å². The number of H-pyrrole nitrogens is 1. The van der Waals surface area contributed by atoms with Gasteiger partial charge in [-0.3, -0.25) is 4.79 Å². The number of benzene rings is 1. The van der Waals surface area contributed by atoms with Gasteiger partial charge in [-0.1, -0.05) is 18.2 Å². The lowest BCUT2D eigenvalue weighted by atomic mass is 10.0. The van der Waals surface area contributed by atoms with E-state index < -0.39 is 35.7 Å². The molecule has 0 saturated heterocycles. The first-order valence-corrected chi connectivity index (χ1v) is 9.94. The van der Waals surface area contributed by atoms with E-state index in [1.54, 1.807) is 20.8 Å². The van der Waals surface area contributed by atoms with E-state index in [2.05, 4.69) is 26.2 Å². The van der Waals surface area contributed by atoms with E-state index >= 15 is 0 Å². The van der Waals surface area contributed by atoms with Gasteiger partial charge < -0.3 is 25.0 Å². The van der Waals surface area contributed by atoms with Gasteiger partial charge in [-0.15, -0.1) is 0 Å². The minimum Gasteiger partial charge on any atom is -0.480 e. The number of nitrogens with one attached hydrogen (secondary N) is 2. The Labute approximate surface area is 177 Å². The lowest BCUT2D eigenvalue weighted by Gasteiger charge is -2.28. The molecule has 0 fully saturated rings. The molecular weight excluding hydrogens is 442 g/mol. The number of amides is 2. The SMILES string of the molecule is CC(NC(=O)OC(C)(C)C)C(=O)N(C)C(Cc1c(Br)[nH]c2ccccc12)C(=O)O. The zero-order valence-corrected chi connectivity index (χ0v) is 18.7. The van der Waals surface area contributed by atoms with E-state index in [9.17, 15) is 19.5 Å². The van der Waals surface area contributed by atoms with Gasteiger partial charge in [-0.25, -0.2) is 9.59 Å². The number of fused-ring (bicyclic) bond motifs is 1. The standard InChI is InChI=1S/C20H26BrN3O5/c1-11(22-19(28)29-20(2,3)4)17(25)24(5)15(18(26)27)10-13-12-8-6-7-9-14(12)23-16(13)21/h6-9,11,15,23H,10H2,1-5H3,(H,22,28)(H,26,27). The van der Waals surface area contributed by atoms with Gasteiger partial charge >= 0.3 is 12.1 Å². The number of likely N-dealkylation sites (N-methyl/N-ethyl adjacent to an activating group) is 1. The van der Waals surface area contributed by atoms with Crippen molar-refractivity contribution < 1.29 is 24.2 Å². The molecule has 2 rings (SSSR count). The van der Waals surface area contributed by atoms with Gasteiger partial charge in [0.15, 0.2) is 0 Å². The number of alkyl carbamates (subject to hydrolysis) is 1. The normalized spacial score (nSPS) is 13.6. The molecule has 0 aliphatic rings. The maximum absolute atomic E-state index is 12.7. The van der Waals surface area contributed by atoms with Crippen LogP contribution in [0.5, 0.6) is 0 Å². The Morgan fingerprint density at radius 1 is 1.28 bits per heavy atom. The van der Waals surface area contributed by atoms with E-state index in [1.165, 1.54) is 14.0 Å². The number of hydrogen-bond acceptors (Lipinski definition) is 4. The molecule has 29 heavy (non-hydrogen) atoms. The summed E-state index contributed by atoms with van der Waals surface area (Å²) >= 11 is 3.44. The van der Waals surface area contributed by atoms with Crippen molar-refractivity contribution in [2.45, 2.75) is 51.8 Å². The van der Waals surface area contributed by atoms with Gasteiger partial charge in [-0.05, 0) is 55.3 Å². The Morgan fingerprint density at radius 3 is 2.48 bits per heavy atom. The molecule has 0 aliphatic heterocycles. The molecule has 0 bridgehead atoms. The molecule has 9 heteroatoms.